The Balaban J connectivity index is 1.48. The number of carbonyl (C=O) groups is 1. The van der Waals surface area contributed by atoms with E-state index in [1.807, 2.05) is 42.5 Å². The van der Waals surface area contributed by atoms with Crippen molar-refractivity contribution in [3.05, 3.63) is 94.3 Å². The van der Waals surface area contributed by atoms with E-state index in [9.17, 15) is 9.59 Å². The van der Waals surface area contributed by atoms with E-state index in [0.717, 1.165) is 12.8 Å². The van der Waals surface area contributed by atoms with Crippen LogP contribution >= 0.6 is 0 Å². The molecule has 6 rings (SSSR count). The van der Waals surface area contributed by atoms with Gasteiger partial charge in [0.2, 0.25) is 0 Å². The number of aromatic amines is 1. The summed E-state index contributed by atoms with van der Waals surface area (Å²) in [5, 5.41) is 6.32. The van der Waals surface area contributed by atoms with E-state index >= 15 is 0 Å². The Labute approximate surface area is 212 Å². The van der Waals surface area contributed by atoms with Crippen molar-refractivity contribution in [3.8, 4) is 17.5 Å². The zero-order valence-electron chi connectivity index (χ0n) is 20.1. The average molecular weight is 491 g/mol. The topological polar surface area (TPSA) is 123 Å². The van der Waals surface area contributed by atoms with Gasteiger partial charge in [0.25, 0.3) is 11.5 Å². The summed E-state index contributed by atoms with van der Waals surface area (Å²) in [5.74, 6) is 6.99. The van der Waals surface area contributed by atoms with E-state index < -0.39 is 11.9 Å². The molecule has 182 valence electrons. The van der Waals surface area contributed by atoms with Crippen molar-refractivity contribution in [1.82, 2.24) is 25.0 Å². The highest BCUT2D eigenvalue weighted by atomic mass is 16.2. The Hall–Kier alpha value is -4.97. The third-order valence-electron chi connectivity index (χ3n) is 6.37. The number of H-pyrrole nitrogens is 1. The zero-order chi connectivity index (χ0) is 25.5. The van der Waals surface area contributed by atoms with Gasteiger partial charge in [-0.2, -0.15) is 0 Å². The van der Waals surface area contributed by atoms with Gasteiger partial charge in [0.15, 0.2) is 11.4 Å². The lowest BCUT2D eigenvalue weighted by atomic mass is 10.1. The molecule has 1 atom stereocenters. The molecule has 1 saturated carbocycles. The van der Waals surface area contributed by atoms with Gasteiger partial charge in [0.05, 0.1) is 22.6 Å². The average Bonchev–Trinajstić information content (AvgIpc) is 3.67. The smallest absolute Gasteiger partial charge is 0.362 e. The minimum Gasteiger partial charge on any atom is -0.382 e. The van der Waals surface area contributed by atoms with Gasteiger partial charge in [0.1, 0.15) is 18.2 Å². The summed E-state index contributed by atoms with van der Waals surface area (Å²) >= 11 is 0. The molecule has 0 spiro atoms. The van der Waals surface area contributed by atoms with E-state index in [0.29, 0.717) is 39.5 Å². The molecule has 3 aromatic heterocycles. The molecule has 0 aliphatic heterocycles. The molecule has 1 aliphatic rings. The fraction of sp³-hybridized carbons (Fsp3) is 0.179. The largest absolute Gasteiger partial charge is 0.382 e. The van der Waals surface area contributed by atoms with Crippen LogP contribution < -0.4 is 21.1 Å². The first-order valence-electron chi connectivity index (χ1n) is 12.1. The quantitative estimate of drug-likeness (QED) is 0.264. The summed E-state index contributed by atoms with van der Waals surface area (Å²) in [6.45, 7) is 1.79. The van der Waals surface area contributed by atoms with E-state index in [-0.39, 0.29) is 16.9 Å². The first kappa shape index (κ1) is 22.5. The summed E-state index contributed by atoms with van der Waals surface area (Å²) in [6.07, 6.45) is 5.51. The number of carbonyl (C=O) groups excluding carboxylic acids is 1. The number of nitrogens with zero attached hydrogens (tertiary/aromatic N) is 4. The number of anilines is 1. The molecule has 0 radical (unpaired) electrons. The summed E-state index contributed by atoms with van der Waals surface area (Å²) in [7, 11) is 0. The van der Waals surface area contributed by atoms with Crippen molar-refractivity contribution in [3.63, 3.8) is 0 Å². The Morgan fingerprint density at radius 3 is 2.78 bits per heavy atom. The van der Waals surface area contributed by atoms with Crippen LogP contribution in [0.25, 0.3) is 22.2 Å². The van der Waals surface area contributed by atoms with Gasteiger partial charge in [0, 0.05) is 17.5 Å². The van der Waals surface area contributed by atoms with Crippen LogP contribution in [0, 0.1) is 17.8 Å². The Bertz CT molecular complexity index is 1790. The second-order valence-electron chi connectivity index (χ2n) is 9.10. The van der Waals surface area contributed by atoms with Crippen LogP contribution in [0.1, 0.15) is 47.6 Å². The fourth-order valence-electron chi connectivity index (χ4n) is 4.39. The van der Waals surface area contributed by atoms with Crippen LogP contribution in [0.2, 0.25) is 0 Å². The van der Waals surface area contributed by atoms with Crippen LogP contribution in [0.5, 0.6) is 0 Å². The number of aromatic nitrogens is 5. The van der Waals surface area contributed by atoms with Gasteiger partial charge >= 0.3 is 5.65 Å². The maximum Gasteiger partial charge on any atom is 0.362 e. The van der Waals surface area contributed by atoms with Crippen LogP contribution in [-0.2, 0) is 0 Å². The normalized spacial score (nSPS) is 13.8. The second kappa shape index (κ2) is 8.91. The molecule has 2 aromatic carbocycles. The SMILES string of the molecule is CC(NC(=O)c1c(N)[nH][n+]2cccnc12)c1nc2cccc(C#CC3CC3)c2c(=O)n1-c1ccccc1. The zero-order valence-corrected chi connectivity index (χ0v) is 20.1. The highest BCUT2D eigenvalue weighted by molar-refractivity contribution is 6.03. The van der Waals surface area contributed by atoms with E-state index in [2.05, 4.69) is 27.2 Å². The third kappa shape index (κ3) is 4.08. The predicted molar refractivity (Wildman–Crippen MR) is 139 cm³/mol. The van der Waals surface area contributed by atoms with Gasteiger partial charge < -0.3 is 11.1 Å². The van der Waals surface area contributed by atoms with Gasteiger partial charge in [-0.25, -0.2) is 10.1 Å². The first-order chi connectivity index (χ1) is 18.0. The van der Waals surface area contributed by atoms with E-state index in [1.54, 1.807) is 40.5 Å². The molecule has 0 bridgehead atoms. The van der Waals surface area contributed by atoms with Crippen molar-refractivity contribution in [2.24, 2.45) is 5.92 Å². The number of rotatable bonds is 4. The van der Waals surface area contributed by atoms with Gasteiger partial charge in [-0.1, -0.05) is 36.1 Å². The molecule has 1 aliphatic carbocycles. The highest BCUT2D eigenvalue weighted by Crippen LogP contribution is 2.28. The van der Waals surface area contributed by atoms with Crippen molar-refractivity contribution in [2.45, 2.75) is 25.8 Å². The van der Waals surface area contributed by atoms with Crippen molar-refractivity contribution in [2.75, 3.05) is 5.73 Å². The predicted octanol–water partition coefficient (Wildman–Crippen LogP) is 2.68. The number of amides is 1. The molecular weight excluding hydrogens is 466 g/mol. The molecule has 1 unspecified atom stereocenters. The van der Waals surface area contributed by atoms with Crippen LogP contribution in [0.4, 0.5) is 5.82 Å². The summed E-state index contributed by atoms with van der Waals surface area (Å²) in [5.41, 5.74) is 8.31. The number of hydrogen-bond acceptors (Lipinski definition) is 5. The maximum absolute atomic E-state index is 14.0. The van der Waals surface area contributed by atoms with Crippen molar-refractivity contribution >= 4 is 28.3 Å². The Morgan fingerprint density at radius 1 is 1.19 bits per heavy atom. The number of nitrogens with one attached hydrogen (secondary N) is 2. The van der Waals surface area contributed by atoms with Gasteiger partial charge in [-0.3, -0.25) is 14.2 Å². The molecule has 1 amide bonds. The molecule has 1 fully saturated rings. The lowest BCUT2D eigenvalue weighted by molar-refractivity contribution is -0.577. The molecular formula is C28H24N7O2+. The van der Waals surface area contributed by atoms with Crippen LogP contribution in [0.15, 0.2) is 71.8 Å². The number of fused-ring (bicyclic) bond motifs is 2. The minimum absolute atomic E-state index is 0.189. The van der Waals surface area contributed by atoms with E-state index in [4.69, 9.17) is 10.7 Å². The number of nitrogen functional groups attached to an aromatic ring is 1. The highest BCUT2D eigenvalue weighted by Gasteiger charge is 2.27. The lowest BCUT2D eigenvalue weighted by Gasteiger charge is -2.19. The number of nitrogens with two attached hydrogens (primary N) is 1. The Morgan fingerprint density at radius 2 is 2.00 bits per heavy atom. The standard InChI is InChI=1S/C28H23N7O2/c1-17(31-27(36)23-24(29)33-34-16-6-15-30-26(23)34)25-32-21-10-5-7-19(14-13-18-11-12-18)22(21)28(37)35(25)20-8-3-2-4-9-20/h2-10,15-18H,11-12H2,1H3,(H3,29,31,33,36)/p+1. The molecule has 9 heteroatoms. The second-order valence-corrected chi connectivity index (χ2v) is 9.10. The fourth-order valence-corrected chi connectivity index (χ4v) is 4.39. The molecule has 0 saturated heterocycles. The van der Waals surface area contributed by atoms with Crippen molar-refractivity contribution < 1.29 is 9.31 Å². The molecule has 3 heterocycles. The van der Waals surface area contributed by atoms with Gasteiger partial charge in [-0.15, -0.1) is 4.52 Å². The number of hydrogen-bond donors (Lipinski definition) is 3. The molecule has 37 heavy (non-hydrogen) atoms. The van der Waals surface area contributed by atoms with Gasteiger partial charge in [-0.05, 0) is 49.0 Å². The molecule has 9 nitrogen and oxygen atoms in total. The first-order valence-corrected chi connectivity index (χ1v) is 12.1. The molecule has 5 aromatic rings. The Kier molecular flexibility index (Phi) is 5.42. The monoisotopic (exact) mass is 490 g/mol. The van der Waals surface area contributed by atoms with E-state index in [1.165, 1.54) is 0 Å². The lowest BCUT2D eigenvalue weighted by Crippen LogP contribution is -2.34. The summed E-state index contributed by atoms with van der Waals surface area (Å²) < 4.78 is 3.12. The van der Waals surface area contributed by atoms with Crippen LogP contribution in [0.3, 0.4) is 0 Å². The number of para-hydroxylation sites is 1. The van der Waals surface area contributed by atoms with Crippen LogP contribution in [-0.4, -0.2) is 25.5 Å². The van der Waals surface area contributed by atoms with Crippen molar-refractivity contribution in [1.29, 1.82) is 0 Å². The third-order valence-corrected chi connectivity index (χ3v) is 6.37. The minimum atomic E-state index is -0.635. The molecule has 4 N–H and O–H groups in total. The maximum atomic E-state index is 14.0. The summed E-state index contributed by atoms with van der Waals surface area (Å²) in [4.78, 5) is 36.4. The summed E-state index contributed by atoms with van der Waals surface area (Å²) in [6, 6.07) is 15.9. The number of benzene rings is 2.